The first kappa shape index (κ1) is 31.1. The summed E-state index contributed by atoms with van der Waals surface area (Å²) in [6.45, 7) is 0. The van der Waals surface area contributed by atoms with Gasteiger partial charge in [-0.1, -0.05) is 133 Å². The molecule has 9 aromatic carbocycles. The molecule has 0 atom stereocenters. The van der Waals surface area contributed by atoms with Crippen molar-refractivity contribution in [3.63, 3.8) is 0 Å². The minimum absolute atomic E-state index is 0.657. The van der Waals surface area contributed by atoms with Gasteiger partial charge in [-0.25, -0.2) is 9.97 Å². The smallest absolute Gasteiger partial charge is 0.235 e. The fourth-order valence-corrected chi connectivity index (χ4v) is 10.3. The summed E-state index contributed by atoms with van der Waals surface area (Å²) in [6.07, 6.45) is 0. The van der Waals surface area contributed by atoms with E-state index in [0.717, 1.165) is 44.4 Å². The molecule has 0 saturated carbocycles. The number of benzene rings is 9. The van der Waals surface area contributed by atoms with Crippen molar-refractivity contribution in [2.45, 2.75) is 0 Å². The van der Waals surface area contributed by atoms with E-state index in [1.54, 1.807) is 0 Å². The molecular weight excluding hydrogens is 719 g/mol. The molecule has 0 fully saturated rings. The van der Waals surface area contributed by atoms with Gasteiger partial charge >= 0.3 is 0 Å². The number of aromatic nitrogens is 5. The zero-order valence-corrected chi connectivity index (χ0v) is 31.6. The molecular formula is C54H31N5. The summed E-state index contributed by atoms with van der Waals surface area (Å²) in [7, 11) is 0. The highest BCUT2D eigenvalue weighted by atomic mass is 15.2. The van der Waals surface area contributed by atoms with Gasteiger partial charge in [0.2, 0.25) is 5.95 Å². The summed E-state index contributed by atoms with van der Waals surface area (Å²) in [6, 6.07) is 67.9. The Bertz CT molecular complexity index is 4070. The molecule has 0 N–H and O–H groups in total. The summed E-state index contributed by atoms with van der Waals surface area (Å²) in [5.41, 5.74) is 12.2. The highest BCUT2D eigenvalue weighted by Crippen LogP contribution is 2.48. The second-order valence-corrected chi connectivity index (χ2v) is 15.7. The standard InChI is InChI=1S/C54H31N5/c1-2-15-34(16-3-1)57-45-23-11-7-18-36(45)41-30-33(27-29-48(41)57)50-39-21-6-10-22-44(39)55-54(56-50)59-47-25-13-9-20-38(47)43-31-42-37-19-8-12-24-46(37)58-51-35-17-5-4-14-32(35)26-28-40(51)49(52(42)58)53(43)59/h1-31H. The first-order valence-electron chi connectivity index (χ1n) is 20.2. The van der Waals surface area contributed by atoms with E-state index in [9.17, 15) is 0 Å². The molecule has 5 heterocycles. The van der Waals surface area contributed by atoms with E-state index in [1.807, 2.05) is 0 Å². The third-order valence-corrected chi connectivity index (χ3v) is 12.7. The van der Waals surface area contributed by atoms with Gasteiger partial charge in [0, 0.05) is 65.1 Å². The van der Waals surface area contributed by atoms with Crippen LogP contribution in [0.5, 0.6) is 0 Å². The Hall–Kier alpha value is -8.02. The third kappa shape index (κ3) is 4.03. The molecule has 0 spiro atoms. The highest BCUT2D eigenvalue weighted by molar-refractivity contribution is 6.36. The molecule has 0 radical (unpaired) electrons. The number of hydrogen-bond donors (Lipinski definition) is 0. The maximum Gasteiger partial charge on any atom is 0.235 e. The van der Waals surface area contributed by atoms with Gasteiger partial charge in [0.1, 0.15) is 0 Å². The predicted octanol–water partition coefficient (Wildman–Crippen LogP) is 13.8. The Morgan fingerprint density at radius 2 is 0.949 bits per heavy atom. The van der Waals surface area contributed by atoms with E-state index in [4.69, 9.17) is 9.97 Å². The van der Waals surface area contributed by atoms with E-state index in [2.05, 4.69) is 202 Å². The van der Waals surface area contributed by atoms with E-state index < -0.39 is 0 Å². The summed E-state index contributed by atoms with van der Waals surface area (Å²) >= 11 is 0. The Labute approximate surface area is 336 Å². The van der Waals surface area contributed by atoms with Crippen LogP contribution in [0, 0.1) is 0 Å². The fraction of sp³-hybridized carbons (Fsp3) is 0. The number of para-hydroxylation sites is 5. The van der Waals surface area contributed by atoms with Crippen molar-refractivity contribution in [1.82, 2.24) is 23.5 Å². The van der Waals surface area contributed by atoms with Gasteiger partial charge in [0.15, 0.2) is 0 Å². The Balaban J connectivity index is 1.12. The molecule has 0 aliphatic carbocycles. The van der Waals surface area contributed by atoms with Crippen molar-refractivity contribution < 1.29 is 0 Å². The number of nitrogens with zero attached hydrogens (tertiary/aromatic N) is 5. The molecule has 14 rings (SSSR count). The SMILES string of the molecule is c1ccc(-n2c3ccccc3c3cc(-c4nc(-n5c6ccccc6c6cc7c8ccccc8n8c9c%10ccccc%10ccc9c(c65)c78)nc5ccccc45)ccc32)cc1. The van der Waals surface area contributed by atoms with E-state index >= 15 is 0 Å². The largest absolute Gasteiger partial charge is 0.309 e. The first-order chi connectivity index (χ1) is 29.3. The average Bonchev–Trinajstić information content (AvgIpc) is 4.03. The number of rotatable bonds is 3. The molecule has 59 heavy (non-hydrogen) atoms. The third-order valence-electron chi connectivity index (χ3n) is 12.7. The van der Waals surface area contributed by atoms with Gasteiger partial charge in [-0.2, -0.15) is 0 Å². The predicted molar refractivity (Wildman–Crippen MR) is 246 cm³/mol. The molecule has 0 amide bonds. The van der Waals surface area contributed by atoms with Crippen LogP contribution >= 0.6 is 0 Å². The van der Waals surface area contributed by atoms with Gasteiger partial charge < -0.3 is 8.97 Å². The average molecular weight is 750 g/mol. The van der Waals surface area contributed by atoms with Crippen LogP contribution in [0.25, 0.3) is 126 Å². The number of hydrogen-bond acceptors (Lipinski definition) is 2. The van der Waals surface area contributed by atoms with Crippen molar-refractivity contribution in [3.05, 3.63) is 188 Å². The summed E-state index contributed by atoms with van der Waals surface area (Å²) in [5.74, 6) is 0.657. The quantitative estimate of drug-likeness (QED) is 0.180. The molecule has 5 aromatic heterocycles. The molecule has 5 nitrogen and oxygen atoms in total. The lowest BCUT2D eigenvalue weighted by Crippen LogP contribution is -2.03. The summed E-state index contributed by atoms with van der Waals surface area (Å²) < 4.78 is 7.20. The monoisotopic (exact) mass is 749 g/mol. The van der Waals surface area contributed by atoms with Crippen molar-refractivity contribution in [1.29, 1.82) is 0 Å². The van der Waals surface area contributed by atoms with Gasteiger partial charge in [-0.3, -0.25) is 4.57 Å². The molecule has 14 aromatic rings. The summed E-state index contributed by atoms with van der Waals surface area (Å²) in [5, 5.41) is 13.2. The van der Waals surface area contributed by atoms with Gasteiger partial charge in [-0.15, -0.1) is 0 Å². The van der Waals surface area contributed by atoms with Crippen molar-refractivity contribution in [2.75, 3.05) is 0 Å². The second-order valence-electron chi connectivity index (χ2n) is 15.7. The molecule has 0 unspecified atom stereocenters. The van der Waals surface area contributed by atoms with Crippen LogP contribution in [0.15, 0.2) is 188 Å². The molecule has 272 valence electrons. The zero-order valence-electron chi connectivity index (χ0n) is 31.6. The van der Waals surface area contributed by atoms with Crippen molar-refractivity contribution in [3.8, 4) is 22.9 Å². The molecule has 0 bridgehead atoms. The van der Waals surface area contributed by atoms with Crippen molar-refractivity contribution in [2.24, 2.45) is 0 Å². The minimum atomic E-state index is 0.657. The number of fused-ring (bicyclic) bond motifs is 16. The maximum atomic E-state index is 5.63. The van der Waals surface area contributed by atoms with E-state index in [1.165, 1.54) is 75.9 Å². The molecule has 0 saturated heterocycles. The Morgan fingerprint density at radius 1 is 0.339 bits per heavy atom. The van der Waals surface area contributed by atoms with Crippen LogP contribution in [0.3, 0.4) is 0 Å². The van der Waals surface area contributed by atoms with Crippen LogP contribution in [0.1, 0.15) is 0 Å². The Kier molecular flexibility index (Phi) is 5.96. The highest BCUT2D eigenvalue weighted by Gasteiger charge is 2.26. The van der Waals surface area contributed by atoms with Crippen LogP contribution in [0.4, 0.5) is 0 Å². The van der Waals surface area contributed by atoms with E-state index in [-0.39, 0.29) is 0 Å². The normalized spacial score (nSPS) is 12.4. The topological polar surface area (TPSA) is 40.0 Å². The lowest BCUT2D eigenvalue weighted by molar-refractivity contribution is 1.02. The first-order valence-corrected chi connectivity index (χ1v) is 20.2. The lowest BCUT2D eigenvalue weighted by atomic mass is 10.0. The Morgan fingerprint density at radius 3 is 1.76 bits per heavy atom. The van der Waals surface area contributed by atoms with E-state index in [0.29, 0.717) is 5.95 Å². The van der Waals surface area contributed by atoms with Gasteiger partial charge in [0.25, 0.3) is 0 Å². The summed E-state index contributed by atoms with van der Waals surface area (Å²) in [4.78, 5) is 11.0. The van der Waals surface area contributed by atoms with Gasteiger partial charge in [0.05, 0.1) is 49.8 Å². The molecule has 0 aliphatic heterocycles. The maximum absolute atomic E-state index is 5.63. The van der Waals surface area contributed by atoms with Crippen LogP contribution in [0.2, 0.25) is 0 Å². The van der Waals surface area contributed by atoms with Crippen LogP contribution in [-0.2, 0) is 0 Å². The lowest BCUT2D eigenvalue weighted by Gasteiger charge is -2.13. The minimum Gasteiger partial charge on any atom is -0.309 e. The second kappa shape index (κ2) is 11.3. The van der Waals surface area contributed by atoms with Crippen molar-refractivity contribution >= 4 is 103 Å². The van der Waals surface area contributed by atoms with Crippen LogP contribution < -0.4 is 0 Å². The molecule has 0 aliphatic rings. The van der Waals surface area contributed by atoms with Crippen LogP contribution in [-0.4, -0.2) is 23.5 Å². The zero-order chi connectivity index (χ0) is 38.3. The fourth-order valence-electron chi connectivity index (χ4n) is 10.3. The molecule has 5 heteroatoms. The van der Waals surface area contributed by atoms with Gasteiger partial charge in [-0.05, 0) is 60.0 Å².